The molecule has 134 valence electrons. The summed E-state index contributed by atoms with van der Waals surface area (Å²) in [5, 5.41) is 7.64. The van der Waals surface area contributed by atoms with Gasteiger partial charge in [0.15, 0.2) is 0 Å². The number of rotatable bonds is 5. The van der Waals surface area contributed by atoms with Gasteiger partial charge in [-0.1, -0.05) is 23.7 Å². The van der Waals surface area contributed by atoms with Gasteiger partial charge < -0.3 is 10.1 Å². The molecule has 2 aromatic rings. The fraction of sp³-hybridized carbons (Fsp3) is 0.444. The summed E-state index contributed by atoms with van der Waals surface area (Å²) < 4.78 is 7.01. The van der Waals surface area contributed by atoms with Crippen LogP contribution in [0.25, 0.3) is 0 Å². The summed E-state index contributed by atoms with van der Waals surface area (Å²) in [4.78, 5) is 15.0. The molecule has 0 atom stereocenters. The second-order valence-electron chi connectivity index (χ2n) is 6.11. The van der Waals surface area contributed by atoms with Crippen molar-refractivity contribution in [2.24, 2.45) is 0 Å². The Morgan fingerprint density at radius 2 is 2.12 bits per heavy atom. The molecule has 1 aliphatic heterocycles. The molecule has 6 nitrogen and oxygen atoms in total. The molecule has 3 rings (SSSR count). The van der Waals surface area contributed by atoms with Gasteiger partial charge in [0.1, 0.15) is 5.69 Å². The summed E-state index contributed by atoms with van der Waals surface area (Å²) in [7, 11) is 0. The number of halogens is 1. The molecular weight excluding hydrogens is 340 g/mol. The first-order valence-electron chi connectivity index (χ1n) is 8.51. The van der Waals surface area contributed by atoms with E-state index < -0.39 is 0 Å². The number of amides is 1. The SMILES string of the molecule is CCn1nc(C)c(Cl)c1C(=O)Nc1cccc(CN2CCOCC2)c1. The number of aryl methyl sites for hydroxylation is 2. The lowest BCUT2D eigenvalue weighted by atomic mass is 10.1. The van der Waals surface area contributed by atoms with E-state index in [9.17, 15) is 4.79 Å². The van der Waals surface area contributed by atoms with E-state index in [0.717, 1.165) is 44.1 Å². The normalized spacial score (nSPS) is 15.3. The first kappa shape index (κ1) is 17.9. The van der Waals surface area contributed by atoms with Gasteiger partial charge in [-0.3, -0.25) is 14.4 Å². The summed E-state index contributed by atoms with van der Waals surface area (Å²) in [6.45, 7) is 8.58. The van der Waals surface area contributed by atoms with Gasteiger partial charge in [0, 0.05) is 31.9 Å². The lowest BCUT2D eigenvalue weighted by molar-refractivity contribution is 0.0342. The van der Waals surface area contributed by atoms with Crippen LogP contribution in [0, 0.1) is 6.92 Å². The van der Waals surface area contributed by atoms with Gasteiger partial charge in [0.05, 0.1) is 23.9 Å². The third-order valence-electron chi connectivity index (χ3n) is 4.26. The predicted octanol–water partition coefficient (Wildman–Crippen LogP) is 2.95. The molecule has 1 aliphatic rings. The summed E-state index contributed by atoms with van der Waals surface area (Å²) >= 11 is 6.25. The van der Waals surface area contributed by atoms with Crippen LogP contribution in [0.5, 0.6) is 0 Å². The van der Waals surface area contributed by atoms with E-state index in [-0.39, 0.29) is 5.91 Å². The zero-order chi connectivity index (χ0) is 17.8. The van der Waals surface area contributed by atoms with Crippen molar-refractivity contribution < 1.29 is 9.53 Å². The van der Waals surface area contributed by atoms with Crippen LogP contribution in [0.15, 0.2) is 24.3 Å². The second-order valence-corrected chi connectivity index (χ2v) is 6.48. The minimum Gasteiger partial charge on any atom is -0.379 e. The largest absolute Gasteiger partial charge is 0.379 e. The Hall–Kier alpha value is -1.89. The number of aromatic nitrogens is 2. The number of nitrogens with zero attached hydrogens (tertiary/aromatic N) is 3. The average Bonchev–Trinajstić information content (AvgIpc) is 2.90. The molecule has 0 spiro atoms. The molecule has 0 unspecified atom stereocenters. The van der Waals surface area contributed by atoms with Crippen LogP contribution in [0.2, 0.25) is 5.02 Å². The van der Waals surface area contributed by atoms with E-state index in [2.05, 4.69) is 21.4 Å². The first-order valence-corrected chi connectivity index (χ1v) is 8.89. The Bertz CT molecular complexity index is 754. The Balaban J connectivity index is 1.72. The maximum Gasteiger partial charge on any atom is 0.275 e. The van der Waals surface area contributed by atoms with Crippen LogP contribution in [0.4, 0.5) is 5.69 Å². The fourth-order valence-electron chi connectivity index (χ4n) is 2.96. The van der Waals surface area contributed by atoms with Gasteiger partial charge in [-0.15, -0.1) is 0 Å². The number of carbonyl (C=O) groups is 1. The molecule has 7 heteroatoms. The lowest BCUT2D eigenvalue weighted by Gasteiger charge is -2.26. The molecule has 1 N–H and O–H groups in total. The topological polar surface area (TPSA) is 59.4 Å². The number of benzene rings is 1. The van der Waals surface area contributed by atoms with Crippen LogP contribution >= 0.6 is 11.6 Å². The van der Waals surface area contributed by atoms with Crippen molar-refractivity contribution in [2.45, 2.75) is 26.9 Å². The Labute approximate surface area is 152 Å². The van der Waals surface area contributed by atoms with Gasteiger partial charge in [-0.2, -0.15) is 5.10 Å². The third-order valence-corrected chi connectivity index (χ3v) is 4.72. The number of nitrogens with one attached hydrogen (secondary N) is 1. The van der Waals surface area contributed by atoms with Crippen LogP contribution < -0.4 is 5.32 Å². The van der Waals surface area contributed by atoms with E-state index in [0.29, 0.717) is 23.0 Å². The monoisotopic (exact) mass is 362 g/mol. The van der Waals surface area contributed by atoms with Gasteiger partial charge in [-0.25, -0.2) is 0 Å². The van der Waals surface area contributed by atoms with Crippen LogP contribution in [0.1, 0.15) is 28.7 Å². The van der Waals surface area contributed by atoms with Crippen molar-refractivity contribution >= 4 is 23.2 Å². The van der Waals surface area contributed by atoms with Crippen molar-refractivity contribution in [1.82, 2.24) is 14.7 Å². The fourth-order valence-corrected chi connectivity index (χ4v) is 3.18. The summed E-state index contributed by atoms with van der Waals surface area (Å²) in [6, 6.07) is 7.91. The van der Waals surface area contributed by atoms with Gasteiger partial charge >= 0.3 is 0 Å². The molecule has 1 fully saturated rings. The standard InChI is InChI=1S/C18H23ClN4O2/c1-3-23-17(16(19)13(2)21-23)18(24)20-15-6-4-5-14(11-15)12-22-7-9-25-10-8-22/h4-6,11H,3,7-10,12H2,1-2H3,(H,20,24). The highest BCUT2D eigenvalue weighted by Gasteiger charge is 2.20. The van der Waals surface area contributed by atoms with E-state index in [4.69, 9.17) is 16.3 Å². The molecule has 2 heterocycles. The molecule has 0 saturated carbocycles. The summed E-state index contributed by atoms with van der Waals surface area (Å²) in [5.41, 5.74) is 2.98. The van der Waals surface area contributed by atoms with E-state index in [1.807, 2.05) is 25.1 Å². The van der Waals surface area contributed by atoms with E-state index in [1.165, 1.54) is 0 Å². The predicted molar refractivity (Wildman–Crippen MR) is 98.1 cm³/mol. The minimum absolute atomic E-state index is 0.240. The average molecular weight is 363 g/mol. The highest BCUT2D eigenvalue weighted by molar-refractivity contribution is 6.34. The highest BCUT2D eigenvalue weighted by Crippen LogP contribution is 2.22. The van der Waals surface area contributed by atoms with Gasteiger partial charge in [0.25, 0.3) is 5.91 Å². The van der Waals surface area contributed by atoms with Crippen molar-refractivity contribution in [1.29, 1.82) is 0 Å². The molecule has 1 aromatic carbocycles. The molecule has 0 radical (unpaired) electrons. The molecule has 0 bridgehead atoms. The number of ether oxygens (including phenoxy) is 1. The Morgan fingerprint density at radius 1 is 1.36 bits per heavy atom. The first-order chi connectivity index (χ1) is 12.1. The van der Waals surface area contributed by atoms with Crippen LogP contribution in [-0.4, -0.2) is 46.9 Å². The quantitative estimate of drug-likeness (QED) is 0.888. The number of anilines is 1. The Morgan fingerprint density at radius 3 is 2.84 bits per heavy atom. The van der Waals surface area contributed by atoms with E-state index in [1.54, 1.807) is 11.6 Å². The molecule has 1 aromatic heterocycles. The van der Waals surface area contributed by atoms with Crippen molar-refractivity contribution in [3.63, 3.8) is 0 Å². The van der Waals surface area contributed by atoms with Crippen molar-refractivity contribution in [3.8, 4) is 0 Å². The molecule has 1 amide bonds. The zero-order valence-corrected chi connectivity index (χ0v) is 15.3. The molecular formula is C18H23ClN4O2. The minimum atomic E-state index is -0.240. The number of morpholine rings is 1. The summed E-state index contributed by atoms with van der Waals surface area (Å²) in [5.74, 6) is -0.240. The zero-order valence-electron chi connectivity index (χ0n) is 14.6. The molecule has 1 saturated heterocycles. The van der Waals surface area contributed by atoms with Crippen molar-refractivity contribution in [2.75, 3.05) is 31.6 Å². The number of hydrogen-bond donors (Lipinski definition) is 1. The van der Waals surface area contributed by atoms with Crippen molar-refractivity contribution in [3.05, 3.63) is 46.2 Å². The van der Waals surface area contributed by atoms with Crippen LogP contribution in [-0.2, 0) is 17.8 Å². The maximum atomic E-state index is 12.6. The second kappa shape index (κ2) is 7.99. The Kier molecular flexibility index (Phi) is 5.73. The number of carbonyl (C=O) groups excluding carboxylic acids is 1. The highest BCUT2D eigenvalue weighted by atomic mass is 35.5. The maximum absolute atomic E-state index is 12.6. The molecule has 0 aliphatic carbocycles. The smallest absolute Gasteiger partial charge is 0.275 e. The third kappa shape index (κ3) is 4.21. The van der Waals surface area contributed by atoms with Crippen LogP contribution in [0.3, 0.4) is 0 Å². The molecule has 25 heavy (non-hydrogen) atoms. The van der Waals surface area contributed by atoms with Gasteiger partial charge in [0.2, 0.25) is 0 Å². The van der Waals surface area contributed by atoms with E-state index >= 15 is 0 Å². The van der Waals surface area contributed by atoms with Gasteiger partial charge in [-0.05, 0) is 31.5 Å². The summed E-state index contributed by atoms with van der Waals surface area (Å²) in [6.07, 6.45) is 0. The number of hydrogen-bond acceptors (Lipinski definition) is 4. The lowest BCUT2D eigenvalue weighted by Crippen LogP contribution is -2.35.